The maximum absolute atomic E-state index is 9.24. The fourth-order valence-electron chi connectivity index (χ4n) is 1.83. The predicted molar refractivity (Wildman–Crippen MR) is 103 cm³/mol. The van der Waals surface area contributed by atoms with E-state index in [0.29, 0.717) is 27.2 Å². The van der Waals surface area contributed by atoms with E-state index in [2.05, 4.69) is 11.4 Å². The fraction of sp³-hybridized carbons (Fsp3) is 0.111. The summed E-state index contributed by atoms with van der Waals surface area (Å²) in [7, 11) is 0. The van der Waals surface area contributed by atoms with Crippen LogP contribution in [0.25, 0.3) is 6.08 Å². The van der Waals surface area contributed by atoms with Gasteiger partial charge in [-0.05, 0) is 29.3 Å². The molecule has 0 amide bonds. The lowest BCUT2D eigenvalue weighted by Gasteiger charge is -2.07. The normalized spacial score (nSPS) is 10.9. The Morgan fingerprint density at radius 3 is 2.52 bits per heavy atom. The average molecular weight is 359 g/mol. The molecule has 2 aromatic rings. The standard InChI is InChI=1S/C18H15ClN2S2/c19-17-8-6-14(7-9-17)10-16(11-20)13-23-18(22)21-12-15-4-2-1-3-5-15/h1-10H,12-13H2,(H,21,22)/b16-10+. The van der Waals surface area contributed by atoms with Crippen molar-refractivity contribution in [3.63, 3.8) is 0 Å². The number of nitriles is 1. The number of thioether (sulfide) groups is 1. The minimum Gasteiger partial charge on any atom is -0.367 e. The summed E-state index contributed by atoms with van der Waals surface area (Å²) in [6.07, 6.45) is 1.85. The lowest BCUT2D eigenvalue weighted by Crippen LogP contribution is -2.18. The third kappa shape index (κ3) is 6.45. The summed E-state index contributed by atoms with van der Waals surface area (Å²) >= 11 is 12.6. The Hall–Kier alpha value is -1.80. The van der Waals surface area contributed by atoms with Crippen LogP contribution in [0.1, 0.15) is 11.1 Å². The maximum Gasteiger partial charge on any atom is 0.134 e. The third-order valence-electron chi connectivity index (χ3n) is 2.99. The van der Waals surface area contributed by atoms with E-state index in [1.807, 2.05) is 60.7 Å². The Morgan fingerprint density at radius 1 is 1.17 bits per heavy atom. The van der Waals surface area contributed by atoms with Gasteiger partial charge in [0.25, 0.3) is 0 Å². The van der Waals surface area contributed by atoms with E-state index >= 15 is 0 Å². The molecule has 23 heavy (non-hydrogen) atoms. The van der Waals surface area contributed by atoms with Gasteiger partial charge < -0.3 is 5.32 Å². The number of halogens is 1. The fourth-order valence-corrected chi connectivity index (χ4v) is 2.81. The van der Waals surface area contributed by atoms with Gasteiger partial charge in [0.05, 0.1) is 6.07 Å². The van der Waals surface area contributed by atoms with Gasteiger partial charge in [-0.2, -0.15) is 5.26 Å². The first-order valence-corrected chi connectivity index (χ1v) is 8.75. The largest absolute Gasteiger partial charge is 0.367 e. The van der Waals surface area contributed by atoms with Crippen molar-refractivity contribution in [3.05, 3.63) is 76.3 Å². The van der Waals surface area contributed by atoms with Gasteiger partial charge in [0.1, 0.15) is 4.32 Å². The first kappa shape index (κ1) is 17.6. The second-order valence-electron chi connectivity index (χ2n) is 4.75. The van der Waals surface area contributed by atoms with Crippen LogP contribution in [0.4, 0.5) is 0 Å². The minimum atomic E-state index is 0.541. The molecular formula is C18H15ClN2S2. The van der Waals surface area contributed by atoms with Crippen LogP contribution >= 0.6 is 35.6 Å². The van der Waals surface area contributed by atoms with E-state index in [1.54, 1.807) is 0 Å². The van der Waals surface area contributed by atoms with E-state index in [4.69, 9.17) is 23.8 Å². The average Bonchev–Trinajstić information content (AvgIpc) is 2.59. The van der Waals surface area contributed by atoms with Gasteiger partial charge >= 0.3 is 0 Å². The molecule has 0 unspecified atom stereocenters. The third-order valence-corrected chi connectivity index (χ3v) is 4.60. The summed E-state index contributed by atoms with van der Waals surface area (Å²) in [6.45, 7) is 0.690. The van der Waals surface area contributed by atoms with Crippen molar-refractivity contribution in [2.45, 2.75) is 6.54 Å². The number of benzene rings is 2. The molecule has 5 heteroatoms. The summed E-state index contributed by atoms with van der Waals surface area (Å²) in [5.41, 5.74) is 2.79. The predicted octanol–water partition coefficient (Wildman–Crippen LogP) is 5.05. The SMILES string of the molecule is N#C/C(=C\c1ccc(Cl)cc1)CSC(=S)NCc1ccccc1. The Labute approximate surface area is 151 Å². The number of thiocarbonyl (C=S) groups is 1. The number of rotatable bonds is 5. The van der Waals surface area contributed by atoms with Crippen LogP contribution in [0.2, 0.25) is 5.02 Å². The van der Waals surface area contributed by atoms with Crippen LogP contribution in [0, 0.1) is 11.3 Å². The van der Waals surface area contributed by atoms with E-state index in [9.17, 15) is 5.26 Å². The van der Waals surface area contributed by atoms with Crippen molar-refractivity contribution in [2.24, 2.45) is 0 Å². The van der Waals surface area contributed by atoms with Crippen LogP contribution in [0.15, 0.2) is 60.2 Å². The van der Waals surface area contributed by atoms with Crippen molar-refractivity contribution < 1.29 is 0 Å². The molecule has 0 heterocycles. The van der Waals surface area contributed by atoms with Gasteiger partial charge in [-0.3, -0.25) is 0 Å². The van der Waals surface area contributed by atoms with Gasteiger partial charge in [-0.1, -0.05) is 78.0 Å². The van der Waals surface area contributed by atoms with Crippen LogP contribution < -0.4 is 5.32 Å². The lowest BCUT2D eigenvalue weighted by molar-refractivity contribution is 0.940. The zero-order valence-electron chi connectivity index (χ0n) is 12.3. The van der Waals surface area contributed by atoms with E-state index in [1.165, 1.54) is 17.3 Å². The molecule has 2 nitrogen and oxygen atoms in total. The zero-order chi connectivity index (χ0) is 16.5. The molecule has 0 saturated heterocycles. The van der Waals surface area contributed by atoms with Crippen molar-refractivity contribution in [3.8, 4) is 6.07 Å². The summed E-state index contributed by atoms with van der Waals surface area (Å²) in [6, 6.07) is 19.7. The Kier molecular flexibility index (Phi) is 7.15. The number of nitrogens with one attached hydrogen (secondary N) is 1. The highest BCUT2D eigenvalue weighted by atomic mass is 35.5. The molecule has 0 aliphatic rings. The number of hydrogen-bond acceptors (Lipinski definition) is 3. The van der Waals surface area contributed by atoms with Crippen LogP contribution in [0.3, 0.4) is 0 Å². The molecule has 0 aliphatic heterocycles. The van der Waals surface area contributed by atoms with Gasteiger partial charge in [0.2, 0.25) is 0 Å². The molecule has 0 saturated carbocycles. The van der Waals surface area contributed by atoms with Crippen molar-refractivity contribution >= 4 is 46.0 Å². The minimum absolute atomic E-state index is 0.541. The highest BCUT2D eigenvalue weighted by Crippen LogP contribution is 2.15. The first-order valence-electron chi connectivity index (χ1n) is 6.98. The summed E-state index contributed by atoms with van der Waals surface area (Å²) in [5.74, 6) is 0.541. The van der Waals surface area contributed by atoms with Gasteiger partial charge in [0.15, 0.2) is 0 Å². The van der Waals surface area contributed by atoms with E-state index in [0.717, 1.165) is 5.56 Å². The lowest BCUT2D eigenvalue weighted by atomic mass is 10.1. The quantitative estimate of drug-likeness (QED) is 0.599. The highest BCUT2D eigenvalue weighted by Gasteiger charge is 2.02. The van der Waals surface area contributed by atoms with Crippen molar-refractivity contribution in [2.75, 3.05) is 5.75 Å². The molecule has 0 aromatic heterocycles. The molecule has 0 aliphatic carbocycles. The second-order valence-corrected chi connectivity index (χ2v) is 6.84. The highest BCUT2D eigenvalue weighted by molar-refractivity contribution is 8.23. The molecular weight excluding hydrogens is 344 g/mol. The summed E-state index contributed by atoms with van der Waals surface area (Å²) in [4.78, 5) is 0. The number of hydrogen-bond donors (Lipinski definition) is 1. The molecule has 1 N–H and O–H groups in total. The van der Waals surface area contributed by atoms with Crippen LogP contribution in [-0.4, -0.2) is 10.1 Å². The molecule has 0 atom stereocenters. The zero-order valence-corrected chi connectivity index (χ0v) is 14.7. The summed E-state index contributed by atoms with van der Waals surface area (Å²) in [5, 5.41) is 13.1. The monoisotopic (exact) mass is 358 g/mol. The van der Waals surface area contributed by atoms with Gasteiger partial charge in [0, 0.05) is 22.9 Å². The van der Waals surface area contributed by atoms with Gasteiger partial charge in [-0.15, -0.1) is 0 Å². The molecule has 2 rings (SSSR count). The van der Waals surface area contributed by atoms with Crippen LogP contribution in [0.5, 0.6) is 0 Å². The smallest absolute Gasteiger partial charge is 0.134 e. The Morgan fingerprint density at radius 2 is 1.87 bits per heavy atom. The van der Waals surface area contributed by atoms with Crippen LogP contribution in [-0.2, 0) is 6.54 Å². The molecule has 0 radical (unpaired) electrons. The van der Waals surface area contributed by atoms with Crippen molar-refractivity contribution in [1.82, 2.24) is 5.32 Å². The maximum atomic E-state index is 9.24. The van der Waals surface area contributed by atoms with Crippen molar-refractivity contribution in [1.29, 1.82) is 5.26 Å². The Balaban J connectivity index is 1.84. The Bertz CT molecular complexity index is 719. The summed E-state index contributed by atoms with van der Waals surface area (Å²) < 4.78 is 0.686. The molecule has 116 valence electrons. The van der Waals surface area contributed by atoms with E-state index < -0.39 is 0 Å². The molecule has 0 bridgehead atoms. The molecule has 0 spiro atoms. The second kappa shape index (κ2) is 9.36. The molecule has 0 fully saturated rings. The molecule has 2 aromatic carbocycles. The number of nitrogens with zero attached hydrogens (tertiary/aromatic N) is 1. The first-order chi connectivity index (χ1) is 11.2. The topological polar surface area (TPSA) is 35.8 Å². The van der Waals surface area contributed by atoms with E-state index in [-0.39, 0.29) is 0 Å². The van der Waals surface area contributed by atoms with Gasteiger partial charge in [-0.25, -0.2) is 0 Å².